The van der Waals surface area contributed by atoms with Gasteiger partial charge in [0.15, 0.2) is 0 Å². The van der Waals surface area contributed by atoms with Crippen LogP contribution in [0.5, 0.6) is 5.75 Å². The predicted octanol–water partition coefficient (Wildman–Crippen LogP) is 2.00. The van der Waals surface area contributed by atoms with Crippen molar-refractivity contribution < 1.29 is 10.2 Å². The lowest BCUT2D eigenvalue weighted by molar-refractivity contribution is 0.152. The summed E-state index contributed by atoms with van der Waals surface area (Å²) in [5.41, 5.74) is 0.754. The lowest BCUT2D eigenvalue weighted by atomic mass is 10.1. The standard InChI is InChI=1S/C12H16ClNO2/c13-11-4-1-5-12(16)10(11)7-14-6-2-3-9(14)8-15/h1,4-5,9,15-16H,2-3,6-8H2/t9-/m1/s1. The molecular weight excluding hydrogens is 226 g/mol. The Morgan fingerprint density at radius 3 is 2.94 bits per heavy atom. The van der Waals surface area contributed by atoms with Crippen molar-refractivity contribution in [1.82, 2.24) is 4.90 Å². The molecule has 1 aliphatic rings. The summed E-state index contributed by atoms with van der Waals surface area (Å²) >= 11 is 6.05. The number of aliphatic hydroxyl groups is 1. The van der Waals surface area contributed by atoms with Crippen LogP contribution >= 0.6 is 11.6 Å². The monoisotopic (exact) mass is 241 g/mol. The van der Waals surface area contributed by atoms with Crippen molar-refractivity contribution in [2.45, 2.75) is 25.4 Å². The number of phenols is 1. The van der Waals surface area contributed by atoms with E-state index in [9.17, 15) is 10.2 Å². The van der Waals surface area contributed by atoms with Crippen LogP contribution in [0.25, 0.3) is 0 Å². The maximum Gasteiger partial charge on any atom is 0.121 e. The van der Waals surface area contributed by atoms with Gasteiger partial charge in [-0.1, -0.05) is 17.7 Å². The van der Waals surface area contributed by atoms with Crippen LogP contribution in [0.15, 0.2) is 18.2 Å². The highest BCUT2D eigenvalue weighted by molar-refractivity contribution is 6.31. The molecule has 0 amide bonds. The van der Waals surface area contributed by atoms with E-state index in [0.717, 1.165) is 24.9 Å². The summed E-state index contributed by atoms with van der Waals surface area (Å²) in [4.78, 5) is 2.17. The number of halogens is 1. The van der Waals surface area contributed by atoms with E-state index in [-0.39, 0.29) is 18.4 Å². The number of rotatable bonds is 3. The number of hydrogen-bond acceptors (Lipinski definition) is 3. The first-order valence-corrected chi connectivity index (χ1v) is 5.91. The molecule has 4 heteroatoms. The summed E-state index contributed by atoms with van der Waals surface area (Å²) in [5, 5.41) is 19.5. The molecule has 1 saturated heterocycles. The van der Waals surface area contributed by atoms with Gasteiger partial charge in [0.1, 0.15) is 5.75 Å². The fourth-order valence-corrected chi connectivity index (χ4v) is 2.45. The smallest absolute Gasteiger partial charge is 0.121 e. The summed E-state index contributed by atoms with van der Waals surface area (Å²) in [5.74, 6) is 0.232. The second-order valence-electron chi connectivity index (χ2n) is 4.19. The third-order valence-electron chi connectivity index (χ3n) is 3.17. The molecule has 1 aromatic carbocycles. The van der Waals surface area contributed by atoms with Crippen LogP contribution in [0, 0.1) is 0 Å². The topological polar surface area (TPSA) is 43.7 Å². The third-order valence-corrected chi connectivity index (χ3v) is 3.52. The van der Waals surface area contributed by atoms with Gasteiger partial charge in [0.05, 0.1) is 6.61 Å². The van der Waals surface area contributed by atoms with Crippen LogP contribution in [0.2, 0.25) is 5.02 Å². The van der Waals surface area contributed by atoms with Crippen LogP contribution < -0.4 is 0 Å². The summed E-state index contributed by atoms with van der Waals surface area (Å²) < 4.78 is 0. The quantitative estimate of drug-likeness (QED) is 0.851. The van der Waals surface area contributed by atoms with Gasteiger partial charge in [0, 0.05) is 23.2 Å². The molecule has 1 aliphatic heterocycles. The van der Waals surface area contributed by atoms with Crippen LogP contribution in [0.1, 0.15) is 18.4 Å². The first-order chi connectivity index (χ1) is 7.72. The number of phenolic OH excluding ortho intramolecular Hbond substituents is 1. The zero-order valence-electron chi connectivity index (χ0n) is 9.06. The third kappa shape index (κ3) is 2.32. The van der Waals surface area contributed by atoms with E-state index < -0.39 is 0 Å². The molecule has 88 valence electrons. The number of benzene rings is 1. The SMILES string of the molecule is OC[C@H]1CCCN1Cc1c(O)cccc1Cl. The van der Waals surface area contributed by atoms with Crippen molar-refractivity contribution in [3.63, 3.8) is 0 Å². The molecule has 0 bridgehead atoms. The Morgan fingerprint density at radius 1 is 1.44 bits per heavy atom. The molecule has 2 rings (SSSR count). The van der Waals surface area contributed by atoms with Crippen LogP contribution in [-0.2, 0) is 6.54 Å². The zero-order valence-corrected chi connectivity index (χ0v) is 9.82. The number of hydrogen-bond donors (Lipinski definition) is 2. The van der Waals surface area contributed by atoms with Gasteiger partial charge >= 0.3 is 0 Å². The van der Waals surface area contributed by atoms with Crippen molar-refractivity contribution >= 4 is 11.6 Å². The van der Waals surface area contributed by atoms with Gasteiger partial charge in [-0.15, -0.1) is 0 Å². The van der Waals surface area contributed by atoms with Crippen molar-refractivity contribution in [1.29, 1.82) is 0 Å². The zero-order chi connectivity index (χ0) is 11.5. The van der Waals surface area contributed by atoms with Crippen molar-refractivity contribution in [2.24, 2.45) is 0 Å². The average molecular weight is 242 g/mol. The first-order valence-electron chi connectivity index (χ1n) is 5.53. The summed E-state index contributed by atoms with van der Waals surface area (Å²) in [6, 6.07) is 5.36. The van der Waals surface area contributed by atoms with E-state index in [4.69, 9.17) is 11.6 Å². The lowest BCUT2D eigenvalue weighted by Crippen LogP contribution is -2.31. The highest BCUT2D eigenvalue weighted by atomic mass is 35.5. The largest absolute Gasteiger partial charge is 0.508 e. The summed E-state index contributed by atoms with van der Waals surface area (Å²) in [7, 11) is 0. The molecule has 1 aromatic rings. The van der Waals surface area contributed by atoms with E-state index in [1.54, 1.807) is 18.2 Å². The molecule has 0 radical (unpaired) electrons. The Bertz CT molecular complexity index is 350. The molecule has 3 nitrogen and oxygen atoms in total. The molecule has 0 spiro atoms. The van der Waals surface area contributed by atoms with Crippen molar-refractivity contribution in [2.75, 3.05) is 13.2 Å². The first kappa shape index (κ1) is 11.7. The molecule has 1 heterocycles. The number of likely N-dealkylation sites (tertiary alicyclic amines) is 1. The summed E-state index contributed by atoms with van der Waals surface area (Å²) in [6.07, 6.45) is 2.11. The number of aromatic hydroxyl groups is 1. The van der Waals surface area contributed by atoms with Gasteiger partial charge in [-0.2, -0.15) is 0 Å². The maximum absolute atomic E-state index is 9.74. The molecular formula is C12H16ClNO2. The van der Waals surface area contributed by atoms with E-state index in [2.05, 4.69) is 4.90 Å². The number of aliphatic hydroxyl groups excluding tert-OH is 1. The molecule has 2 N–H and O–H groups in total. The maximum atomic E-state index is 9.74. The van der Waals surface area contributed by atoms with Crippen molar-refractivity contribution in [3.05, 3.63) is 28.8 Å². The van der Waals surface area contributed by atoms with Gasteiger partial charge in [0.25, 0.3) is 0 Å². The Balaban J connectivity index is 2.14. The molecule has 0 aliphatic carbocycles. The highest BCUT2D eigenvalue weighted by Crippen LogP contribution is 2.29. The summed E-state index contributed by atoms with van der Waals surface area (Å²) in [6.45, 7) is 1.73. The van der Waals surface area contributed by atoms with E-state index in [0.29, 0.717) is 11.6 Å². The Hall–Kier alpha value is -0.770. The van der Waals surface area contributed by atoms with Crippen molar-refractivity contribution in [3.8, 4) is 5.75 Å². The van der Waals surface area contributed by atoms with E-state index in [1.165, 1.54) is 0 Å². The Kier molecular flexibility index (Phi) is 3.69. The second-order valence-corrected chi connectivity index (χ2v) is 4.59. The molecule has 0 unspecified atom stereocenters. The minimum absolute atomic E-state index is 0.172. The molecule has 0 aromatic heterocycles. The molecule has 1 atom stereocenters. The van der Waals surface area contributed by atoms with E-state index >= 15 is 0 Å². The van der Waals surface area contributed by atoms with Gasteiger partial charge in [0.2, 0.25) is 0 Å². The van der Waals surface area contributed by atoms with Crippen LogP contribution in [0.4, 0.5) is 0 Å². The minimum Gasteiger partial charge on any atom is -0.508 e. The van der Waals surface area contributed by atoms with Gasteiger partial charge in [-0.05, 0) is 31.5 Å². The normalized spacial score (nSPS) is 21.5. The minimum atomic E-state index is 0.172. The highest BCUT2D eigenvalue weighted by Gasteiger charge is 2.24. The second kappa shape index (κ2) is 5.04. The predicted molar refractivity (Wildman–Crippen MR) is 63.6 cm³/mol. The van der Waals surface area contributed by atoms with Gasteiger partial charge in [-0.25, -0.2) is 0 Å². The van der Waals surface area contributed by atoms with Crippen LogP contribution in [0.3, 0.4) is 0 Å². The van der Waals surface area contributed by atoms with Crippen LogP contribution in [-0.4, -0.2) is 34.3 Å². The molecule has 16 heavy (non-hydrogen) atoms. The molecule has 1 fully saturated rings. The van der Waals surface area contributed by atoms with Gasteiger partial charge < -0.3 is 10.2 Å². The van der Waals surface area contributed by atoms with E-state index in [1.807, 2.05) is 0 Å². The number of nitrogens with zero attached hydrogens (tertiary/aromatic N) is 1. The fraction of sp³-hybridized carbons (Fsp3) is 0.500. The molecule has 0 saturated carbocycles. The lowest BCUT2D eigenvalue weighted by Gasteiger charge is -2.23. The Morgan fingerprint density at radius 2 is 2.25 bits per heavy atom. The Labute approximate surface area is 100 Å². The fourth-order valence-electron chi connectivity index (χ4n) is 2.22. The average Bonchev–Trinajstić information content (AvgIpc) is 2.71. The van der Waals surface area contributed by atoms with Gasteiger partial charge in [-0.3, -0.25) is 4.90 Å².